The molecule has 1 amide bonds. The fourth-order valence-electron chi connectivity index (χ4n) is 2.71. The van der Waals surface area contributed by atoms with Gasteiger partial charge in [-0.2, -0.15) is 0 Å². The van der Waals surface area contributed by atoms with Crippen molar-refractivity contribution in [1.82, 2.24) is 10.6 Å². The predicted octanol–water partition coefficient (Wildman–Crippen LogP) is 3.44. The summed E-state index contributed by atoms with van der Waals surface area (Å²) >= 11 is 1.70. The number of benzene rings is 1. The molecule has 0 saturated carbocycles. The maximum absolute atomic E-state index is 12.3. The lowest BCUT2D eigenvalue weighted by Crippen LogP contribution is -2.42. The maximum Gasteiger partial charge on any atom is 0.251 e. The fraction of sp³-hybridized carbons (Fsp3) is 0.438. The number of piperidine rings is 1. The van der Waals surface area contributed by atoms with E-state index in [4.69, 9.17) is 0 Å². The van der Waals surface area contributed by atoms with Gasteiger partial charge in [-0.3, -0.25) is 4.79 Å². The van der Waals surface area contributed by atoms with Crippen molar-refractivity contribution in [1.29, 1.82) is 0 Å². The van der Waals surface area contributed by atoms with Gasteiger partial charge in [-0.15, -0.1) is 23.7 Å². The van der Waals surface area contributed by atoms with Crippen molar-refractivity contribution in [3.05, 3.63) is 35.2 Å². The summed E-state index contributed by atoms with van der Waals surface area (Å²) in [6.45, 7) is 5.12. The molecule has 0 atom stereocenters. The number of carbonyl (C=O) groups excluding carboxylic acids is 1. The van der Waals surface area contributed by atoms with Crippen molar-refractivity contribution < 1.29 is 4.79 Å². The Morgan fingerprint density at radius 3 is 2.86 bits per heavy atom. The van der Waals surface area contributed by atoms with Gasteiger partial charge in [-0.1, -0.05) is 6.92 Å². The van der Waals surface area contributed by atoms with Crippen molar-refractivity contribution >= 4 is 39.7 Å². The van der Waals surface area contributed by atoms with Gasteiger partial charge in [0.05, 0.1) is 0 Å². The van der Waals surface area contributed by atoms with E-state index in [1.54, 1.807) is 11.3 Å². The number of fused-ring (bicyclic) bond motifs is 1. The summed E-state index contributed by atoms with van der Waals surface area (Å²) in [6, 6.07) is 7.98. The number of halogens is 1. The summed E-state index contributed by atoms with van der Waals surface area (Å²) in [5, 5.41) is 9.67. The van der Waals surface area contributed by atoms with Crippen molar-refractivity contribution in [3.8, 4) is 0 Å². The van der Waals surface area contributed by atoms with Crippen molar-refractivity contribution in [2.24, 2.45) is 5.41 Å². The third-order valence-corrected chi connectivity index (χ3v) is 5.10. The minimum atomic E-state index is 0. The molecule has 21 heavy (non-hydrogen) atoms. The molecule has 1 aromatic heterocycles. The van der Waals surface area contributed by atoms with Gasteiger partial charge in [0, 0.05) is 16.8 Å². The van der Waals surface area contributed by atoms with Crippen LogP contribution in [-0.2, 0) is 0 Å². The summed E-state index contributed by atoms with van der Waals surface area (Å²) in [6.07, 6.45) is 2.24. The molecule has 2 N–H and O–H groups in total. The molecule has 1 aliphatic heterocycles. The molecule has 0 radical (unpaired) electrons. The molecule has 0 spiro atoms. The van der Waals surface area contributed by atoms with Crippen molar-refractivity contribution in [3.63, 3.8) is 0 Å². The second-order valence-corrected chi connectivity index (χ2v) is 6.86. The van der Waals surface area contributed by atoms with Crippen LogP contribution in [-0.4, -0.2) is 25.5 Å². The zero-order valence-electron chi connectivity index (χ0n) is 12.1. The zero-order chi connectivity index (χ0) is 14.0. The Labute approximate surface area is 135 Å². The van der Waals surface area contributed by atoms with Gasteiger partial charge in [0.2, 0.25) is 0 Å². The quantitative estimate of drug-likeness (QED) is 0.908. The normalized spacial score (nSPS) is 17.2. The Kier molecular flexibility index (Phi) is 5.25. The van der Waals surface area contributed by atoms with Gasteiger partial charge in [0.1, 0.15) is 0 Å². The minimum Gasteiger partial charge on any atom is -0.351 e. The van der Waals surface area contributed by atoms with Crippen LogP contribution in [0.1, 0.15) is 30.1 Å². The monoisotopic (exact) mass is 324 g/mol. The molecule has 5 heteroatoms. The van der Waals surface area contributed by atoms with Gasteiger partial charge in [0.25, 0.3) is 5.91 Å². The van der Waals surface area contributed by atoms with Crippen LogP contribution in [0.3, 0.4) is 0 Å². The molecule has 0 unspecified atom stereocenters. The lowest BCUT2D eigenvalue weighted by Gasteiger charge is -2.34. The summed E-state index contributed by atoms with van der Waals surface area (Å²) in [5.74, 6) is 0.0397. The standard InChI is InChI=1S/C16H20N2OS.ClH/c1-16(5-7-17-8-6-16)11-18-15(19)13-2-3-14-12(10-13)4-9-20-14;/h2-4,9-10,17H,5-8,11H2,1H3,(H,18,19);1H. The van der Waals surface area contributed by atoms with Gasteiger partial charge in [-0.05, 0) is 66.4 Å². The van der Waals surface area contributed by atoms with Crippen LogP contribution in [0.4, 0.5) is 0 Å². The number of amides is 1. The molecule has 2 aromatic rings. The summed E-state index contributed by atoms with van der Waals surface area (Å²) < 4.78 is 1.23. The Balaban J connectivity index is 0.00000161. The van der Waals surface area contributed by atoms with E-state index >= 15 is 0 Å². The van der Waals surface area contributed by atoms with Crippen molar-refractivity contribution in [2.45, 2.75) is 19.8 Å². The second-order valence-electron chi connectivity index (χ2n) is 5.92. The second kappa shape index (κ2) is 6.77. The van der Waals surface area contributed by atoms with Crippen LogP contribution in [0.2, 0.25) is 0 Å². The largest absolute Gasteiger partial charge is 0.351 e. The van der Waals surface area contributed by atoms with E-state index in [9.17, 15) is 4.79 Å². The van der Waals surface area contributed by atoms with Crippen LogP contribution in [0, 0.1) is 5.41 Å². The van der Waals surface area contributed by atoms with Crippen LogP contribution >= 0.6 is 23.7 Å². The number of hydrogen-bond acceptors (Lipinski definition) is 3. The van der Waals surface area contributed by atoms with E-state index in [-0.39, 0.29) is 23.7 Å². The summed E-state index contributed by atoms with van der Waals surface area (Å²) in [4.78, 5) is 12.3. The van der Waals surface area contributed by atoms with Gasteiger partial charge in [-0.25, -0.2) is 0 Å². The first-order valence-corrected chi connectivity index (χ1v) is 8.00. The van der Waals surface area contributed by atoms with Gasteiger partial charge in [0.15, 0.2) is 0 Å². The third kappa shape index (κ3) is 3.76. The number of rotatable bonds is 3. The van der Waals surface area contributed by atoms with Crippen LogP contribution in [0.25, 0.3) is 10.1 Å². The topological polar surface area (TPSA) is 41.1 Å². The molecular formula is C16H21ClN2OS. The van der Waals surface area contributed by atoms with E-state index in [0.29, 0.717) is 0 Å². The predicted molar refractivity (Wildman–Crippen MR) is 91.6 cm³/mol. The number of thiophene rings is 1. The average molecular weight is 325 g/mol. The van der Waals surface area contributed by atoms with Crippen LogP contribution < -0.4 is 10.6 Å². The van der Waals surface area contributed by atoms with Crippen LogP contribution in [0.15, 0.2) is 29.6 Å². The highest BCUT2D eigenvalue weighted by Gasteiger charge is 2.27. The molecule has 1 saturated heterocycles. The Morgan fingerprint density at radius 2 is 2.10 bits per heavy atom. The van der Waals surface area contributed by atoms with E-state index < -0.39 is 0 Å². The van der Waals surface area contributed by atoms with Gasteiger partial charge >= 0.3 is 0 Å². The SMILES string of the molecule is CC1(CNC(=O)c2ccc3sccc3c2)CCNCC1.Cl. The summed E-state index contributed by atoms with van der Waals surface area (Å²) in [5.41, 5.74) is 0.987. The first-order valence-electron chi connectivity index (χ1n) is 7.13. The number of nitrogens with one attached hydrogen (secondary N) is 2. The molecule has 1 fully saturated rings. The lowest BCUT2D eigenvalue weighted by molar-refractivity contribution is 0.0922. The molecule has 114 valence electrons. The molecule has 3 nitrogen and oxygen atoms in total. The third-order valence-electron chi connectivity index (χ3n) is 4.20. The van der Waals surface area contributed by atoms with E-state index in [2.05, 4.69) is 29.0 Å². The van der Waals surface area contributed by atoms with E-state index in [0.717, 1.165) is 43.4 Å². The Hall–Kier alpha value is -1.10. The molecule has 2 heterocycles. The Morgan fingerprint density at radius 1 is 1.33 bits per heavy atom. The molecule has 3 rings (SSSR count). The molecule has 1 aromatic carbocycles. The molecular weight excluding hydrogens is 304 g/mol. The highest BCUT2D eigenvalue weighted by Crippen LogP contribution is 2.27. The maximum atomic E-state index is 12.3. The highest BCUT2D eigenvalue weighted by molar-refractivity contribution is 7.17. The minimum absolute atomic E-state index is 0. The lowest BCUT2D eigenvalue weighted by atomic mass is 9.81. The van der Waals surface area contributed by atoms with Crippen LogP contribution in [0.5, 0.6) is 0 Å². The smallest absolute Gasteiger partial charge is 0.251 e. The Bertz CT molecular complexity index is 620. The molecule has 1 aliphatic rings. The van der Waals surface area contributed by atoms with Crippen molar-refractivity contribution in [2.75, 3.05) is 19.6 Å². The average Bonchev–Trinajstić information content (AvgIpc) is 2.93. The highest BCUT2D eigenvalue weighted by atomic mass is 35.5. The summed E-state index contributed by atoms with van der Waals surface area (Å²) in [7, 11) is 0. The fourth-order valence-corrected chi connectivity index (χ4v) is 3.48. The van der Waals surface area contributed by atoms with E-state index in [1.807, 2.05) is 18.2 Å². The van der Waals surface area contributed by atoms with E-state index in [1.165, 1.54) is 4.70 Å². The first-order chi connectivity index (χ1) is 9.66. The zero-order valence-corrected chi connectivity index (χ0v) is 13.8. The number of hydrogen-bond donors (Lipinski definition) is 2. The van der Waals surface area contributed by atoms with Gasteiger partial charge < -0.3 is 10.6 Å². The first kappa shape index (κ1) is 16.3. The molecule has 0 aliphatic carbocycles. The molecule has 0 bridgehead atoms. The number of carbonyl (C=O) groups is 1.